The van der Waals surface area contributed by atoms with Gasteiger partial charge in [0.15, 0.2) is 0 Å². The lowest BCUT2D eigenvalue weighted by Crippen LogP contribution is -2.30. The quantitative estimate of drug-likeness (QED) is 0.900. The summed E-state index contributed by atoms with van der Waals surface area (Å²) >= 11 is 1.87. The Labute approximate surface area is 123 Å². The number of aromatic nitrogens is 2. The number of thiophene rings is 1. The maximum atomic E-state index is 4.57. The number of rotatable bonds is 2. The van der Waals surface area contributed by atoms with Gasteiger partial charge in [-0.1, -0.05) is 19.8 Å². The molecule has 2 aromatic heterocycles. The normalized spacial score (nSPS) is 25.9. The fraction of sp³-hybridized carbons (Fsp3) is 0.625. The van der Waals surface area contributed by atoms with Gasteiger partial charge in [0, 0.05) is 10.9 Å². The molecule has 2 heterocycles. The van der Waals surface area contributed by atoms with E-state index in [1.165, 1.54) is 60.7 Å². The van der Waals surface area contributed by atoms with Crippen molar-refractivity contribution in [2.75, 3.05) is 5.32 Å². The molecule has 20 heavy (non-hydrogen) atoms. The second kappa shape index (κ2) is 4.99. The van der Waals surface area contributed by atoms with Crippen molar-refractivity contribution in [1.29, 1.82) is 0 Å². The molecule has 1 N–H and O–H groups in total. The van der Waals surface area contributed by atoms with Gasteiger partial charge in [0.1, 0.15) is 17.0 Å². The minimum atomic E-state index is 0.582. The standard InChI is InChI=1S/C16H21N3S/c1-10-5-2-3-7-12(10)19-15-14-11-6-4-8-13(11)20-16(14)18-9-17-15/h9-10,12H,2-8H2,1H3,(H,17,18,19)/t10-,12+/m1/s1. The Hall–Kier alpha value is -1.16. The molecule has 3 nitrogen and oxygen atoms in total. The first kappa shape index (κ1) is 12.6. The van der Waals surface area contributed by atoms with Gasteiger partial charge in [-0.2, -0.15) is 0 Å². The Morgan fingerprint density at radius 3 is 2.95 bits per heavy atom. The van der Waals surface area contributed by atoms with Crippen LogP contribution in [-0.4, -0.2) is 16.0 Å². The summed E-state index contributed by atoms with van der Waals surface area (Å²) in [7, 11) is 0. The molecule has 0 amide bonds. The molecule has 0 saturated heterocycles. The molecule has 0 aliphatic heterocycles. The number of nitrogens with one attached hydrogen (secondary N) is 1. The molecule has 4 rings (SSSR count). The average molecular weight is 287 g/mol. The van der Waals surface area contributed by atoms with E-state index in [0.29, 0.717) is 6.04 Å². The van der Waals surface area contributed by atoms with Crippen molar-refractivity contribution in [3.05, 3.63) is 16.8 Å². The number of hydrogen-bond donors (Lipinski definition) is 1. The van der Waals surface area contributed by atoms with Crippen LogP contribution in [0, 0.1) is 5.92 Å². The maximum absolute atomic E-state index is 4.57. The molecule has 1 fully saturated rings. The summed E-state index contributed by atoms with van der Waals surface area (Å²) in [5.74, 6) is 1.84. The minimum absolute atomic E-state index is 0.582. The lowest BCUT2D eigenvalue weighted by molar-refractivity contribution is 0.349. The van der Waals surface area contributed by atoms with Crippen molar-refractivity contribution in [1.82, 2.24) is 9.97 Å². The SMILES string of the molecule is C[C@@H]1CCCC[C@@H]1Nc1ncnc2sc3c(c12)CCC3. The predicted octanol–water partition coefficient (Wildman–Crippen LogP) is 4.17. The minimum Gasteiger partial charge on any atom is -0.366 e. The summed E-state index contributed by atoms with van der Waals surface area (Å²) < 4.78 is 0. The van der Waals surface area contributed by atoms with E-state index in [9.17, 15) is 0 Å². The second-order valence-corrected chi connectivity index (χ2v) is 7.36. The van der Waals surface area contributed by atoms with Crippen molar-refractivity contribution >= 4 is 27.4 Å². The van der Waals surface area contributed by atoms with E-state index in [1.54, 1.807) is 11.2 Å². The molecule has 106 valence electrons. The first-order valence-electron chi connectivity index (χ1n) is 7.84. The Bertz CT molecular complexity index is 634. The van der Waals surface area contributed by atoms with Gasteiger partial charge in [-0.15, -0.1) is 11.3 Å². The molecule has 2 atom stereocenters. The van der Waals surface area contributed by atoms with Gasteiger partial charge in [-0.3, -0.25) is 0 Å². The highest BCUT2D eigenvalue weighted by molar-refractivity contribution is 7.19. The molecule has 4 heteroatoms. The second-order valence-electron chi connectivity index (χ2n) is 6.27. The Kier molecular flexibility index (Phi) is 3.14. The first-order valence-corrected chi connectivity index (χ1v) is 8.66. The van der Waals surface area contributed by atoms with Crippen molar-refractivity contribution < 1.29 is 0 Å². The van der Waals surface area contributed by atoms with E-state index in [4.69, 9.17) is 0 Å². The van der Waals surface area contributed by atoms with Crippen molar-refractivity contribution in [3.63, 3.8) is 0 Å². The van der Waals surface area contributed by atoms with E-state index in [2.05, 4.69) is 22.2 Å². The molecule has 1 saturated carbocycles. The zero-order chi connectivity index (χ0) is 13.5. The highest BCUT2D eigenvalue weighted by Crippen LogP contribution is 2.39. The summed E-state index contributed by atoms with van der Waals surface area (Å²) in [5, 5.41) is 5.07. The third-order valence-electron chi connectivity index (χ3n) is 4.93. The number of fused-ring (bicyclic) bond motifs is 3. The number of anilines is 1. The number of hydrogen-bond acceptors (Lipinski definition) is 4. The summed E-state index contributed by atoms with van der Waals surface area (Å²) in [5.41, 5.74) is 1.52. The Morgan fingerprint density at radius 2 is 2.05 bits per heavy atom. The highest BCUT2D eigenvalue weighted by Gasteiger charge is 2.25. The summed E-state index contributed by atoms with van der Waals surface area (Å²) in [6.45, 7) is 2.37. The van der Waals surface area contributed by atoms with Gasteiger partial charge < -0.3 is 5.32 Å². The van der Waals surface area contributed by atoms with Crippen LogP contribution in [0.5, 0.6) is 0 Å². The van der Waals surface area contributed by atoms with E-state index in [-0.39, 0.29) is 0 Å². The first-order chi connectivity index (χ1) is 9.83. The smallest absolute Gasteiger partial charge is 0.138 e. The zero-order valence-electron chi connectivity index (χ0n) is 12.0. The van der Waals surface area contributed by atoms with Crippen LogP contribution in [0.15, 0.2) is 6.33 Å². The van der Waals surface area contributed by atoms with Crippen molar-refractivity contribution in [2.24, 2.45) is 5.92 Å². The lowest BCUT2D eigenvalue weighted by atomic mass is 9.86. The molecule has 0 aromatic carbocycles. The van der Waals surface area contributed by atoms with Gasteiger partial charge in [0.25, 0.3) is 0 Å². The van der Waals surface area contributed by atoms with E-state index >= 15 is 0 Å². The zero-order valence-corrected chi connectivity index (χ0v) is 12.8. The third-order valence-corrected chi connectivity index (χ3v) is 6.13. The fourth-order valence-corrected chi connectivity index (χ4v) is 4.97. The lowest BCUT2D eigenvalue weighted by Gasteiger charge is -2.30. The topological polar surface area (TPSA) is 37.8 Å². The average Bonchev–Trinajstić information content (AvgIpc) is 3.02. The van der Waals surface area contributed by atoms with Crippen LogP contribution in [0.4, 0.5) is 5.82 Å². The van der Waals surface area contributed by atoms with Gasteiger partial charge >= 0.3 is 0 Å². The number of aryl methyl sites for hydroxylation is 2. The maximum Gasteiger partial charge on any atom is 0.138 e. The van der Waals surface area contributed by atoms with Crippen LogP contribution in [-0.2, 0) is 12.8 Å². The summed E-state index contributed by atoms with van der Waals surface area (Å²) in [6, 6.07) is 0.582. The highest BCUT2D eigenvalue weighted by atomic mass is 32.1. The van der Waals surface area contributed by atoms with Crippen LogP contribution in [0.3, 0.4) is 0 Å². The Balaban J connectivity index is 1.72. The number of nitrogens with zero attached hydrogens (tertiary/aromatic N) is 2. The predicted molar refractivity (Wildman–Crippen MR) is 84.5 cm³/mol. The monoisotopic (exact) mass is 287 g/mol. The van der Waals surface area contributed by atoms with Crippen molar-refractivity contribution in [3.8, 4) is 0 Å². The van der Waals surface area contributed by atoms with Crippen LogP contribution in [0.25, 0.3) is 10.2 Å². The molecule has 0 spiro atoms. The molecule has 2 aliphatic carbocycles. The molecule has 0 unspecified atom stereocenters. The van der Waals surface area contributed by atoms with Gasteiger partial charge in [-0.25, -0.2) is 9.97 Å². The van der Waals surface area contributed by atoms with Crippen LogP contribution in [0.1, 0.15) is 49.5 Å². The molecule has 2 aliphatic rings. The third kappa shape index (κ3) is 2.01. The molecule has 0 radical (unpaired) electrons. The van der Waals surface area contributed by atoms with Crippen molar-refractivity contribution in [2.45, 2.75) is 57.9 Å². The molecular formula is C16H21N3S. The molecular weight excluding hydrogens is 266 g/mol. The fourth-order valence-electron chi connectivity index (χ4n) is 3.74. The Morgan fingerprint density at radius 1 is 1.15 bits per heavy atom. The van der Waals surface area contributed by atoms with Crippen LogP contribution < -0.4 is 5.32 Å². The summed E-state index contributed by atoms with van der Waals surface area (Å²) in [4.78, 5) is 11.8. The van der Waals surface area contributed by atoms with E-state index in [1.807, 2.05) is 11.3 Å². The van der Waals surface area contributed by atoms with Gasteiger partial charge in [0.2, 0.25) is 0 Å². The van der Waals surface area contributed by atoms with E-state index < -0.39 is 0 Å². The molecule has 0 bridgehead atoms. The van der Waals surface area contributed by atoms with E-state index in [0.717, 1.165) is 11.7 Å². The van der Waals surface area contributed by atoms with Gasteiger partial charge in [-0.05, 0) is 43.6 Å². The summed E-state index contributed by atoms with van der Waals surface area (Å²) in [6.07, 6.45) is 10.8. The van der Waals surface area contributed by atoms with Crippen LogP contribution >= 0.6 is 11.3 Å². The van der Waals surface area contributed by atoms with Crippen LogP contribution in [0.2, 0.25) is 0 Å². The molecule has 2 aromatic rings. The largest absolute Gasteiger partial charge is 0.366 e. The van der Waals surface area contributed by atoms with Gasteiger partial charge in [0.05, 0.1) is 5.39 Å².